The minimum absolute atomic E-state index is 0.0488. The summed E-state index contributed by atoms with van der Waals surface area (Å²) in [6.07, 6.45) is 5.54. The predicted octanol–water partition coefficient (Wildman–Crippen LogP) is 3.00. The standard InChI is InChI=1S/C15H23NO2S/c1-3-13-11(2)10-14(19-13)15(18)16(8-9-17)12-6-4-5-7-12/h10,12,17H,3-9H2,1-2H3. The number of amides is 1. The molecule has 0 unspecified atom stereocenters. The molecule has 106 valence electrons. The first-order chi connectivity index (χ1) is 9.17. The number of nitrogens with zero attached hydrogens (tertiary/aromatic N) is 1. The molecule has 1 aliphatic carbocycles. The molecule has 1 saturated carbocycles. The molecule has 19 heavy (non-hydrogen) atoms. The van der Waals surface area contributed by atoms with Crippen molar-refractivity contribution in [3.63, 3.8) is 0 Å². The molecular formula is C15H23NO2S. The molecule has 1 amide bonds. The van der Waals surface area contributed by atoms with E-state index >= 15 is 0 Å². The van der Waals surface area contributed by atoms with Gasteiger partial charge in [-0.3, -0.25) is 4.79 Å². The van der Waals surface area contributed by atoms with Crippen LogP contribution in [0.25, 0.3) is 0 Å². The van der Waals surface area contributed by atoms with Gasteiger partial charge in [0.05, 0.1) is 11.5 Å². The van der Waals surface area contributed by atoms with E-state index in [1.165, 1.54) is 23.3 Å². The van der Waals surface area contributed by atoms with Gasteiger partial charge in [-0.15, -0.1) is 11.3 Å². The minimum atomic E-state index is 0.0488. The maximum Gasteiger partial charge on any atom is 0.264 e. The molecule has 0 radical (unpaired) electrons. The van der Waals surface area contributed by atoms with Crippen LogP contribution in [-0.4, -0.2) is 35.1 Å². The largest absolute Gasteiger partial charge is 0.395 e. The third kappa shape index (κ3) is 3.18. The molecule has 4 heteroatoms. The second-order valence-corrected chi connectivity index (χ2v) is 6.37. The Labute approximate surface area is 119 Å². The van der Waals surface area contributed by atoms with Crippen LogP contribution in [0, 0.1) is 6.92 Å². The Morgan fingerprint density at radius 1 is 1.47 bits per heavy atom. The van der Waals surface area contributed by atoms with Crippen molar-refractivity contribution in [2.24, 2.45) is 0 Å². The third-order valence-electron chi connectivity index (χ3n) is 3.92. The quantitative estimate of drug-likeness (QED) is 0.901. The van der Waals surface area contributed by atoms with Crippen LogP contribution in [0.5, 0.6) is 0 Å². The van der Waals surface area contributed by atoms with Crippen LogP contribution < -0.4 is 0 Å². The lowest BCUT2D eigenvalue weighted by molar-refractivity contribution is 0.0643. The lowest BCUT2D eigenvalue weighted by Crippen LogP contribution is -2.40. The first-order valence-corrected chi connectivity index (χ1v) is 8.00. The van der Waals surface area contributed by atoms with Crippen molar-refractivity contribution in [1.82, 2.24) is 4.90 Å². The van der Waals surface area contributed by atoms with E-state index in [0.717, 1.165) is 24.1 Å². The Bertz CT molecular complexity index is 435. The number of aliphatic hydroxyl groups excluding tert-OH is 1. The van der Waals surface area contributed by atoms with Gasteiger partial charge in [-0.05, 0) is 37.8 Å². The minimum Gasteiger partial charge on any atom is -0.395 e. The lowest BCUT2D eigenvalue weighted by atomic mass is 10.2. The molecule has 1 aliphatic rings. The molecule has 0 aliphatic heterocycles. The molecular weight excluding hydrogens is 258 g/mol. The van der Waals surface area contributed by atoms with Crippen LogP contribution in [0.15, 0.2) is 6.07 Å². The fraction of sp³-hybridized carbons (Fsp3) is 0.667. The fourth-order valence-electron chi connectivity index (χ4n) is 2.89. The highest BCUT2D eigenvalue weighted by molar-refractivity contribution is 7.14. The normalized spacial score (nSPS) is 15.9. The lowest BCUT2D eigenvalue weighted by Gasteiger charge is -2.27. The van der Waals surface area contributed by atoms with Crippen molar-refractivity contribution in [1.29, 1.82) is 0 Å². The van der Waals surface area contributed by atoms with E-state index in [-0.39, 0.29) is 12.5 Å². The number of carbonyl (C=O) groups excluding carboxylic acids is 1. The van der Waals surface area contributed by atoms with Gasteiger partial charge in [0.1, 0.15) is 0 Å². The van der Waals surface area contributed by atoms with Crippen molar-refractivity contribution < 1.29 is 9.90 Å². The van der Waals surface area contributed by atoms with Crippen LogP contribution >= 0.6 is 11.3 Å². The molecule has 1 heterocycles. The molecule has 0 saturated heterocycles. The summed E-state index contributed by atoms with van der Waals surface area (Å²) in [5.74, 6) is 0.105. The van der Waals surface area contributed by atoms with Crippen LogP contribution in [0.2, 0.25) is 0 Å². The van der Waals surface area contributed by atoms with Crippen molar-refractivity contribution >= 4 is 17.2 Å². The molecule has 0 aromatic carbocycles. The van der Waals surface area contributed by atoms with Crippen LogP contribution in [0.4, 0.5) is 0 Å². The highest BCUT2D eigenvalue weighted by Crippen LogP contribution is 2.28. The van der Waals surface area contributed by atoms with Gasteiger partial charge in [-0.1, -0.05) is 19.8 Å². The van der Waals surface area contributed by atoms with Gasteiger partial charge in [-0.25, -0.2) is 0 Å². The van der Waals surface area contributed by atoms with Crippen LogP contribution in [0.3, 0.4) is 0 Å². The second-order valence-electron chi connectivity index (χ2n) is 5.23. The predicted molar refractivity (Wildman–Crippen MR) is 78.8 cm³/mol. The smallest absolute Gasteiger partial charge is 0.264 e. The molecule has 1 N–H and O–H groups in total. The van der Waals surface area contributed by atoms with Crippen molar-refractivity contribution in [3.8, 4) is 0 Å². The zero-order valence-electron chi connectivity index (χ0n) is 11.8. The third-order valence-corrected chi connectivity index (χ3v) is 5.29. The second kappa shape index (κ2) is 6.53. The van der Waals surface area contributed by atoms with Gasteiger partial charge in [0.2, 0.25) is 0 Å². The molecule has 3 nitrogen and oxygen atoms in total. The number of carbonyl (C=O) groups is 1. The summed E-state index contributed by atoms with van der Waals surface area (Å²) >= 11 is 1.61. The van der Waals surface area contributed by atoms with E-state index in [2.05, 4.69) is 13.8 Å². The van der Waals surface area contributed by atoms with Gasteiger partial charge in [0.15, 0.2) is 0 Å². The summed E-state index contributed by atoms with van der Waals surface area (Å²) < 4.78 is 0. The van der Waals surface area contributed by atoms with Gasteiger partial charge in [-0.2, -0.15) is 0 Å². The van der Waals surface area contributed by atoms with Crippen LogP contribution in [0.1, 0.15) is 52.7 Å². The van der Waals surface area contributed by atoms with E-state index in [0.29, 0.717) is 12.6 Å². The molecule has 1 aromatic heterocycles. The molecule has 0 bridgehead atoms. The molecule has 2 rings (SSSR count). The zero-order chi connectivity index (χ0) is 13.8. The van der Waals surface area contributed by atoms with E-state index in [1.807, 2.05) is 11.0 Å². The summed E-state index contributed by atoms with van der Waals surface area (Å²) in [5, 5.41) is 9.21. The average Bonchev–Trinajstić information content (AvgIpc) is 3.04. The van der Waals surface area contributed by atoms with Crippen molar-refractivity contribution in [2.45, 2.75) is 52.0 Å². The number of hydrogen-bond acceptors (Lipinski definition) is 3. The molecule has 0 atom stereocenters. The van der Waals surface area contributed by atoms with Crippen molar-refractivity contribution in [3.05, 3.63) is 21.4 Å². The van der Waals surface area contributed by atoms with Crippen molar-refractivity contribution in [2.75, 3.05) is 13.2 Å². The summed E-state index contributed by atoms with van der Waals surface area (Å²) in [6.45, 7) is 4.70. The Morgan fingerprint density at radius 3 is 2.68 bits per heavy atom. The highest BCUT2D eigenvalue weighted by Gasteiger charge is 2.28. The maximum absolute atomic E-state index is 12.6. The van der Waals surface area contributed by atoms with Crippen LogP contribution in [-0.2, 0) is 6.42 Å². The monoisotopic (exact) mass is 281 g/mol. The number of rotatable bonds is 5. The SMILES string of the molecule is CCc1sc(C(=O)N(CCO)C2CCCC2)cc1C. The Balaban J connectivity index is 2.17. The number of thiophene rings is 1. The summed E-state index contributed by atoms with van der Waals surface area (Å²) in [6, 6.07) is 2.33. The topological polar surface area (TPSA) is 40.5 Å². The summed E-state index contributed by atoms with van der Waals surface area (Å²) in [5.41, 5.74) is 1.21. The maximum atomic E-state index is 12.6. The average molecular weight is 281 g/mol. The number of hydrogen-bond donors (Lipinski definition) is 1. The Kier molecular flexibility index (Phi) is 4.99. The zero-order valence-corrected chi connectivity index (χ0v) is 12.6. The van der Waals surface area contributed by atoms with Gasteiger partial charge >= 0.3 is 0 Å². The first-order valence-electron chi connectivity index (χ1n) is 7.18. The molecule has 1 fully saturated rings. The van der Waals surface area contributed by atoms with E-state index < -0.39 is 0 Å². The Hall–Kier alpha value is -0.870. The van der Waals surface area contributed by atoms with E-state index in [9.17, 15) is 9.90 Å². The Morgan fingerprint density at radius 2 is 2.16 bits per heavy atom. The highest BCUT2D eigenvalue weighted by atomic mass is 32.1. The van der Waals surface area contributed by atoms with E-state index in [1.54, 1.807) is 11.3 Å². The van der Waals surface area contributed by atoms with Gasteiger partial charge < -0.3 is 10.0 Å². The number of aryl methyl sites for hydroxylation is 2. The van der Waals surface area contributed by atoms with Gasteiger partial charge in [0, 0.05) is 17.5 Å². The molecule has 1 aromatic rings. The van der Waals surface area contributed by atoms with Gasteiger partial charge in [0.25, 0.3) is 5.91 Å². The summed E-state index contributed by atoms with van der Waals surface area (Å²) in [4.78, 5) is 16.6. The first kappa shape index (κ1) is 14.5. The summed E-state index contributed by atoms with van der Waals surface area (Å²) in [7, 11) is 0. The van der Waals surface area contributed by atoms with E-state index in [4.69, 9.17) is 0 Å². The number of aliphatic hydroxyl groups is 1. The fourth-order valence-corrected chi connectivity index (χ4v) is 3.96. The molecule has 0 spiro atoms.